The van der Waals surface area contributed by atoms with Gasteiger partial charge in [0.15, 0.2) is 6.17 Å². The number of cyclic esters (lactones) is 1. The number of alkyl halides is 1. The van der Waals surface area contributed by atoms with Gasteiger partial charge in [-0.05, 0) is 30.3 Å². The second-order valence-corrected chi connectivity index (χ2v) is 8.46. The van der Waals surface area contributed by atoms with Gasteiger partial charge >= 0.3 is 13.9 Å². The van der Waals surface area contributed by atoms with Crippen LogP contribution in [0.5, 0.6) is 0 Å². The molecule has 2 aromatic rings. The normalized spacial score (nSPS) is 21.4. The molecule has 32 heavy (non-hydrogen) atoms. The lowest BCUT2D eigenvalue weighted by Gasteiger charge is -2.16. The van der Waals surface area contributed by atoms with E-state index in [1.807, 2.05) is 0 Å². The van der Waals surface area contributed by atoms with Crippen LogP contribution in [0.4, 0.5) is 25.1 Å². The Morgan fingerprint density at radius 3 is 2.59 bits per heavy atom. The molecule has 13 heteroatoms. The van der Waals surface area contributed by atoms with Crippen molar-refractivity contribution in [1.82, 2.24) is 4.98 Å². The van der Waals surface area contributed by atoms with Gasteiger partial charge in [-0.1, -0.05) is 0 Å². The Labute approximate surface area is 180 Å². The lowest BCUT2D eigenvalue weighted by molar-refractivity contribution is -0.121. The van der Waals surface area contributed by atoms with E-state index in [1.54, 1.807) is 6.07 Å². The molecule has 4 rings (SSSR count). The molecule has 2 atom stereocenters. The van der Waals surface area contributed by atoms with E-state index in [-0.39, 0.29) is 36.6 Å². The average molecular weight is 469 g/mol. The topological polar surface area (TPSA) is 130 Å². The Morgan fingerprint density at radius 2 is 2.00 bits per heavy atom. The molecule has 2 saturated heterocycles. The van der Waals surface area contributed by atoms with Crippen molar-refractivity contribution in [2.24, 2.45) is 0 Å². The summed E-state index contributed by atoms with van der Waals surface area (Å²) in [6.45, 7) is -0.359. The number of phosphoric acid groups is 1. The predicted molar refractivity (Wildman–Crippen MR) is 107 cm³/mol. The van der Waals surface area contributed by atoms with Crippen molar-refractivity contribution in [1.29, 1.82) is 0 Å². The SMILES string of the molecule is O=C1O[C@@H](COP(=O)(O)O)CN1c1ccc(-c2ccc(N3CCC(F)C3=O)nc2)c(F)c1. The highest BCUT2D eigenvalue weighted by Gasteiger charge is 2.35. The number of halogens is 2. The Kier molecular flexibility index (Phi) is 5.95. The maximum Gasteiger partial charge on any atom is 0.469 e. The quantitative estimate of drug-likeness (QED) is 0.617. The van der Waals surface area contributed by atoms with Crippen molar-refractivity contribution < 1.29 is 42.0 Å². The largest absolute Gasteiger partial charge is 0.469 e. The van der Waals surface area contributed by atoms with Crippen LogP contribution in [0.1, 0.15) is 6.42 Å². The summed E-state index contributed by atoms with van der Waals surface area (Å²) in [6.07, 6.45) is -1.80. The Balaban J connectivity index is 1.47. The van der Waals surface area contributed by atoms with Crippen molar-refractivity contribution in [3.05, 3.63) is 42.3 Å². The van der Waals surface area contributed by atoms with Crippen LogP contribution >= 0.6 is 7.82 Å². The second kappa shape index (κ2) is 8.55. The molecule has 170 valence electrons. The number of carbonyl (C=O) groups excluding carboxylic acids is 2. The fourth-order valence-corrected chi connectivity index (χ4v) is 3.84. The number of anilines is 2. The van der Waals surface area contributed by atoms with E-state index in [2.05, 4.69) is 9.51 Å². The van der Waals surface area contributed by atoms with Gasteiger partial charge in [0.1, 0.15) is 17.7 Å². The van der Waals surface area contributed by atoms with Crippen LogP contribution in [0, 0.1) is 5.82 Å². The second-order valence-electron chi connectivity index (χ2n) is 7.22. The number of amides is 2. The molecule has 0 bridgehead atoms. The first-order valence-electron chi connectivity index (χ1n) is 9.52. The number of ether oxygens (including phenoxy) is 1. The molecule has 2 N–H and O–H groups in total. The first-order valence-corrected chi connectivity index (χ1v) is 11.0. The minimum atomic E-state index is -4.71. The lowest BCUT2D eigenvalue weighted by atomic mass is 10.1. The van der Waals surface area contributed by atoms with Crippen molar-refractivity contribution in [3.8, 4) is 11.1 Å². The van der Waals surface area contributed by atoms with Crippen molar-refractivity contribution >= 4 is 31.3 Å². The van der Waals surface area contributed by atoms with Gasteiger partial charge in [-0.3, -0.25) is 19.1 Å². The maximum atomic E-state index is 14.8. The van der Waals surface area contributed by atoms with E-state index in [1.165, 1.54) is 29.3 Å². The van der Waals surface area contributed by atoms with E-state index in [0.29, 0.717) is 5.56 Å². The summed E-state index contributed by atoms with van der Waals surface area (Å²) in [5.74, 6) is -1.03. The lowest BCUT2D eigenvalue weighted by Crippen LogP contribution is -2.28. The van der Waals surface area contributed by atoms with Crippen LogP contribution in [0.25, 0.3) is 11.1 Å². The van der Waals surface area contributed by atoms with Gasteiger partial charge in [0.05, 0.1) is 18.8 Å². The maximum absolute atomic E-state index is 14.8. The monoisotopic (exact) mass is 469 g/mol. The molecule has 0 radical (unpaired) electrons. The number of rotatable bonds is 6. The zero-order chi connectivity index (χ0) is 23.0. The molecule has 10 nitrogen and oxygen atoms in total. The number of aromatic nitrogens is 1. The molecular weight excluding hydrogens is 451 g/mol. The number of carbonyl (C=O) groups is 2. The fraction of sp³-hybridized carbons (Fsp3) is 0.316. The summed E-state index contributed by atoms with van der Waals surface area (Å²) < 4.78 is 48.3. The van der Waals surface area contributed by atoms with Crippen LogP contribution in [0.3, 0.4) is 0 Å². The highest BCUT2D eigenvalue weighted by atomic mass is 31.2. The summed E-state index contributed by atoms with van der Waals surface area (Å²) in [5, 5.41) is 0. The molecule has 1 aromatic carbocycles. The highest BCUT2D eigenvalue weighted by Crippen LogP contribution is 2.37. The summed E-state index contributed by atoms with van der Waals surface area (Å²) in [7, 11) is -4.71. The van der Waals surface area contributed by atoms with E-state index < -0.39 is 44.5 Å². The van der Waals surface area contributed by atoms with Crippen LogP contribution in [-0.2, 0) is 18.6 Å². The molecule has 0 spiro atoms. The third kappa shape index (κ3) is 4.63. The van der Waals surface area contributed by atoms with Gasteiger partial charge in [-0.25, -0.2) is 23.1 Å². The predicted octanol–water partition coefficient (Wildman–Crippen LogP) is 2.40. The zero-order valence-corrected chi connectivity index (χ0v) is 17.3. The summed E-state index contributed by atoms with van der Waals surface area (Å²) in [4.78, 5) is 47.8. The minimum Gasteiger partial charge on any atom is -0.441 e. The average Bonchev–Trinajstić information content (AvgIpc) is 3.28. The molecule has 0 aliphatic carbocycles. The molecular formula is C19H18F2N3O7P. The number of phosphoric ester groups is 1. The summed E-state index contributed by atoms with van der Waals surface area (Å²) in [6, 6.07) is 7.10. The van der Waals surface area contributed by atoms with Gasteiger partial charge in [-0.15, -0.1) is 0 Å². The molecule has 1 unspecified atom stereocenters. The van der Waals surface area contributed by atoms with E-state index in [0.717, 1.165) is 11.0 Å². The molecule has 0 saturated carbocycles. The number of pyridine rings is 1. The molecule has 1 aromatic heterocycles. The number of nitrogens with zero attached hydrogens (tertiary/aromatic N) is 3. The van der Waals surface area contributed by atoms with Crippen molar-refractivity contribution in [2.75, 3.05) is 29.5 Å². The van der Waals surface area contributed by atoms with E-state index in [4.69, 9.17) is 14.5 Å². The summed E-state index contributed by atoms with van der Waals surface area (Å²) >= 11 is 0. The molecule has 3 heterocycles. The van der Waals surface area contributed by atoms with Crippen LogP contribution in [0.15, 0.2) is 36.5 Å². The van der Waals surface area contributed by atoms with Gasteiger partial charge < -0.3 is 14.5 Å². The molecule has 2 fully saturated rings. The van der Waals surface area contributed by atoms with E-state index in [9.17, 15) is 22.9 Å². The molecule has 2 aliphatic heterocycles. The highest BCUT2D eigenvalue weighted by molar-refractivity contribution is 7.46. The third-order valence-electron chi connectivity index (χ3n) is 5.04. The number of hydrogen-bond acceptors (Lipinski definition) is 6. The first-order chi connectivity index (χ1) is 15.1. The zero-order valence-electron chi connectivity index (χ0n) is 16.4. The van der Waals surface area contributed by atoms with Gasteiger partial charge in [0.25, 0.3) is 5.91 Å². The van der Waals surface area contributed by atoms with E-state index >= 15 is 0 Å². The van der Waals surface area contributed by atoms with Gasteiger partial charge in [0, 0.05) is 30.3 Å². The van der Waals surface area contributed by atoms with Crippen LogP contribution < -0.4 is 9.80 Å². The van der Waals surface area contributed by atoms with Crippen molar-refractivity contribution in [3.63, 3.8) is 0 Å². The Bertz CT molecular complexity index is 1090. The minimum absolute atomic E-state index is 0.0761. The smallest absolute Gasteiger partial charge is 0.441 e. The summed E-state index contributed by atoms with van der Waals surface area (Å²) in [5.41, 5.74) is 0.798. The molecule has 2 aliphatic rings. The van der Waals surface area contributed by atoms with Gasteiger partial charge in [0.2, 0.25) is 0 Å². The van der Waals surface area contributed by atoms with Gasteiger partial charge in [-0.2, -0.15) is 0 Å². The van der Waals surface area contributed by atoms with Crippen LogP contribution in [-0.4, -0.2) is 58.7 Å². The first kappa shape index (κ1) is 22.3. The number of hydrogen-bond donors (Lipinski definition) is 2. The molecule has 2 amide bonds. The Morgan fingerprint density at radius 1 is 1.22 bits per heavy atom. The third-order valence-corrected chi connectivity index (χ3v) is 5.53. The standard InChI is InChI=1S/C19H18F2N3O7P/c20-15-5-6-23(18(15)25)17-4-1-11(8-22-17)14-3-2-12(7-16(14)21)24-9-13(31-19(24)26)10-30-32(27,28)29/h1-4,7-8,13,15H,5-6,9-10H2,(H2,27,28,29)/t13-,15?/m1/s1. The number of benzene rings is 1. The Hall–Kier alpha value is -2.92. The van der Waals surface area contributed by atoms with Crippen molar-refractivity contribution in [2.45, 2.75) is 18.7 Å². The van der Waals surface area contributed by atoms with Crippen LogP contribution in [0.2, 0.25) is 0 Å². The fourth-order valence-electron chi connectivity index (χ4n) is 3.48.